The van der Waals surface area contributed by atoms with Crippen LogP contribution in [0.2, 0.25) is 0 Å². The minimum Gasteiger partial charge on any atom is -0.384 e. The van der Waals surface area contributed by atoms with Gasteiger partial charge >= 0.3 is 0 Å². The van der Waals surface area contributed by atoms with Crippen LogP contribution in [0.1, 0.15) is 18.3 Å². The van der Waals surface area contributed by atoms with E-state index in [4.69, 9.17) is 0 Å². The molecule has 1 aromatic rings. The molecule has 13 heavy (non-hydrogen) atoms. The molecule has 0 aliphatic carbocycles. The molecule has 1 atom stereocenters. The van der Waals surface area contributed by atoms with Crippen molar-refractivity contribution in [1.82, 2.24) is 15.3 Å². The predicted octanol–water partition coefficient (Wildman–Crippen LogP) is 0.212. The Morgan fingerprint density at radius 1 is 1.46 bits per heavy atom. The lowest BCUT2D eigenvalue weighted by atomic mass is 9.99. The highest BCUT2D eigenvalue weighted by Crippen LogP contribution is 2.17. The third-order valence-electron chi connectivity index (χ3n) is 1.92. The summed E-state index contributed by atoms with van der Waals surface area (Å²) in [5.74, 6) is 0.712. The van der Waals surface area contributed by atoms with Crippen molar-refractivity contribution in [3.63, 3.8) is 0 Å². The van der Waals surface area contributed by atoms with E-state index in [0.717, 1.165) is 5.56 Å². The number of nitrogens with zero attached hydrogens (tertiary/aromatic N) is 2. The normalized spacial score (nSPS) is 15.4. The summed E-state index contributed by atoms with van der Waals surface area (Å²) in [7, 11) is 1.80. The van der Waals surface area contributed by atoms with Crippen LogP contribution in [0.4, 0.5) is 0 Å². The third kappa shape index (κ3) is 2.47. The standard InChI is InChI=1S/C9H15N3O/c1-7-11-4-8(5-12-7)9(2,13)6-10-3/h4-5,10,13H,6H2,1-3H3. The average molecular weight is 181 g/mol. The van der Waals surface area contributed by atoms with E-state index in [2.05, 4.69) is 15.3 Å². The number of likely N-dealkylation sites (N-methyl/N-ethyl adjacent to an activating group) is 1. The van der Waals surface area contributed by atoms with Gasteiger partial charge in [-0.05, 0) is 20.9 Å². The zero-order chi connectivity index (χ0) is 9.90. The Bertz CT molecular complexity index is 269. The molecule has 0 saturated heterocycles. The largest absolute Gasteiger partial charge is 0.384 e. The molecule has 0 aliphatic heterocycles. The molecule has 2 N–H and O–H groups in total. The van der Waals surface area contributed by atoms with Crippen LogP contribution in [0.3, 0.4) is 0 Å². The Morgan fingerprint density at radius 2 is 2.00 bits per heavy atom. The quantitative estimate of drug-likeness (QED) is 0.700. The molecule has 1 rings (SSSR count). The van der Waals surface area contributed by atoms with Gasteiger partial charge in [0, 0.05) is 24.5 Å². The molecular formula is C9H15N3O. The van der Waals surface area contributed by atoms with Gasteiger partial charge in [-0.3, -0.25) is 0 Å². The van der Waals surface area contributed by atoms with Crippen LogP contribution in [0.15, 0.2) is 12.4 Å². The maximum absolute atomic E-state index is 9.93. The van der Waals surface area contributed by atoms with Crippen LogP contribution in [-0.4, -0.2) is 28.7 Å². The molecule has 1 aromatic heterocycles. The zero-order valence-electron chi connectivity index (χ0n) is 8.20. The van der Waals surface area contributed by atoms with E-state index >= 15 is 0 Å². The first kappa shape index (κ1) is 10.1. The zero-order valence-corrected chi connectivity index (χ0v) is 8.20. The van der Waals surface area contributed by atoms with E-state index in [-0.39, 0.29) is 0 Å². The minimum atomic E-state index is -0.900. The number of aryl methyl sites for hydroxylation is 1. The summed E-state index contributed by atoms with van der Waals surface area (Å²) < 4.78 is 0. The predicted molar refractivity (Wildman–Crippen MR) is 50.3 cm³/mol. The van der Waals surface area contributed by atoms with Gasteiger partial charge in [0.05, 0.1) is 0 Å². The van der Waals surface area contributed by atoms with Gasteiger partial charge < -0.3 is 10.4 Å². The summed E-state index contributed by atoms with van der Waals surface area (Å²) in [5.41, 5.74) is -0.171. The van der Waals surface area contributed by atoms with E-state index in [9.17, 15) is 5.11 Å². The van der Waals surface area contributed by atoms with E-state index in [0.29, 0.717) is 12.4 Å². The molecule has 0 aliphatic rings. The van der Waals surface area contributed by atoms with Gasteiger partial charge in [-0.25, -0.2) is 9.97 Å². The monoisotopic (exact) mass is 181 g/mol. The SMILES string of the molecule is CNCC(C)(O)c1cnc(C)nc1. The topological polar surface area (TPSA) is 58.0 Å². The number of hydrogen-bond donors (Lipinski definition) is 2. The van der Waals surface area contributed by atoms with Crippen LogP contribution in [0.5, 0.6) is 0 Å². The highest BCUT2D eigenvalue weighted by atomic mass is 16.3. The van der Waals surface area contributed by atoms with E-state index in [1.54, 1.807) is 26.4 Å². The number of nitrogens with one attached hydrogen (secondary N) is 1. The highest BCUT2D eigenvalue weighted by Gasteiger charge is 2.22. The van der Waals surface area contributed by atoms with E-state index < -0.39 is 5.60 Å². The fourth-order valence-corrected chi connectivity index (χ4v) is 1.12. The number of rotatable bonds is 3. The number of aromatic nitrogens is 2. The summed E-state index contributed by atoms with van der Waals surface area (Å²) in [6, 6.07) is 0. The summed E-state index contributed by atoms with van der Waals surface area (Å²) in [5, 5.41) is 12.8. The number of hydrogen-bond acceptors (Lipinski definition) is 4. The minimum absolute atomic E-state index is 0.486. The van der Waals surface area contributed by atoms with Crippen molar-refractivity contribution in [2.45, 2.75) is 19.4 Å². The van der Waals surface area contributed by atoms with Crippen molar-refractivity contribution in [3.8, 4) is 0 Å². The van der Waals surface area contributed by atoms with Crippen LogP contribution < -0.4 is 5.32 Å². The first-order chi connectivity index (χ1) is 6.06. The van der Waals surface area contributed by atoms with Crippen LogP contribution in [0.25, 0.3) is 0 Å². The Labute approximate surface area is 78.0 Å². The molecule has 1 heterocycles. The molecule has 0 aromatic carbocycles. The molecule has 0 fully saturated rings. The maximum atomic E-state index is 9.93. The first-order valence-corrected chi connectivity index (χ1v) is 4.22. The summed E-state index contributed by atoms with van der Waals surface area (Å²) in [6.45, 7) is 4.04. The fraction of sp³-hybridized carbons (Fsp3) is 0.556. The summed E-state index contributed by atoms with van der Waals surface area (Å²) >= 11 is 0. The maximum Gasteiger partial charge on any atom is 0.125 e. The smallest absolute Gasteiger partial charge is 0.125 e. The van der Waals surface area contributed by atoms with E-state index in [1.807, 2.05) is 6.92 Å². The Hall–Kier alpha value is -1.00. The molecular weight excluding hydrogens is 166 g/mol. The van der Waals surface area contributed by atoms with Gasteiger partial charge in [0.25, 0.3) is 0 Å². The van der Waals surface area contributed by atoms with Gasteiger partial charge in [-0.2, -0.15) is 0 Å². The lowest BCUT2D eigenvalue weighted by Gasteiger charge is -2.22. The number of aliphatic hydroxyl groups is 1. The lowest BCUT2D eigenvalue weighted by Crippen LogP contribution is -2.33. The van der Waals surface area contributed by atoms with Gasteiger partial charge in [0.2, 0.25) is 0 Å². The van der Waals surface area contributed by atoms with Crippen molar-refractivity contribution in [1.29, 1.82) is 0 Å². The summed E-state index contributed by atoms with van der Waals surface area (Å²) in [4.78, 5) is 8.06. The van der Waals surface area contributed by atoms with Gasteiger partial charge in [-0.15, -0.1) is 0 Å². The average Bonchev–Trinajstić information content (AvgIpc) is 2.05. The third-order valence-corrected chi connectivity index (χ3v) is 1.92. The second-order valence-electron chi connectivity index (χ2n) is 3.32. The van der Waals surface area contributed by atoms with Crippen molar-refractivity contribution in [2.75, 3.05) is 13.6 Å². The van der Waals surface area contributed by atoms with Gasteiger partial charge in [0.15, 0.2) is 0 Å². The molecule has 0 amide bonds. The van der Waals surface area contributed by atoms with Crippen LogP contribution in [0, 0.1) is 6.92 Å². The second-order valence-corrected chi connectivity index (χ2v) is 3.32. The molecule has 0 spiro atoms. The molecule has 72 valence electrons. The Kier molecular flexibility index (Phi) is 2.95. The van der Waals surface area contributed by atoms with Crippen LogP contribution >= 0.6 is 0 Å². The molecule has 0 radical (unpaired) electrons. The molecule has 4 nitrogen and oxygen atoms in total. The lowest BCUT2D eigenvalue weighted by molar-refractivity contribution is 0.0584. The Balaban J connectivity index is 2.87. The molecule has 0 saturated carbocycles. The highest BCUT2D eigenvalue weighted by molar-refractivity contribution is 5.14. The van der Waals surface area contributed by atoms with E-state index in [1.165, 1.54) is 0 Å². The second kappa shape index (κ2) is 3.81. The Morgan fingerprint density at radius 3 is 2.46 bits per heavy atom. The molecule has 4 heteroatoms. The van der Waals surface area contributed by atoms with Crippen LogP contribution in [-0.2, 0) is 5.60 Å². The van der Waals surface area contributed by atoms with Crippen molar-refractivity contribution < 1.29 is 5.11 Å². The van der Waals surface area contributed by atoms with Crippen molar-refractivity contribution >= 4 is 0 Å². The van der Waals surface area contributed by atoms with Gasteiger partial charge in [-0.1, -0.05) is 0 Å². The fourth-order valence-electron chi connectivity index (χ4n) is 1.12. The molecule has 1 unspecified atom stereocenters. The molecule has 0 bridgehead atoms. The first-order valence-electron chi connectivity index (χ1n) is 4.22. The van der Waals surface area contributed by atoms with Crippen molar-refractivity contribution in [2.24, 2.45) is 0 Å². The summed E-state index contributed by atoms with van der Waals surface area (Å²) in [6.07, 6.45) is 3.30. The van der Waals surface area contributed by atoms with Gasteiger partial charge in [0.1, 0.15) is 11.4 Å². The van der Waals surface area contributed by atoms with Crippen molar-refractivity contribution in [3.05, 3.63) is 23.8 Å².